The van der Waals surface area contributed by atoms with Crippen molar-refractivity contribution < 1.29 is 13.9 Å². The third-order valence-corrected chi connectivity index (χ3v) is 5.18. The lowest BCUT2D eigenvalue weighted by atomic mass is 10.2. The van der Waals surface area contributed by atoms with Gasteiger partial charge in [0.2, 0.25) is 0 Å². The molecule has 3 aromatic carbocycles. The van der Waals surface area contributed by atoms with E-state index in [9.17, 15) is 4.39 Å². The molecule has 0 aliphatic heterocycles. The van der Waals surface area contributed by atoms with Crippen LogP contribution >= 0.6 is 11.3 Å². The zero-order valence-corrected chi connectivity index (χ0v) is 15.6. The largest absolute Gasteiger partial charge is 0.490 e. The molecular formula is C22H18FNO2S. The van der Waals surface area contributed by atoms with Gasteiger partial charge in [-0.2, -0.15) is 0 Å². The van der Waals surface area contributed by atoms with E-state index in [1.807, 2.05) is 43.3 Å². The third-order valence-electron chi connectivity index (χ3n) is 4.09. The first kappa shape index (κ1) is 17.5. The summed E-state index contributed by atoms with van der Waals surface area (Å²) in [5.74, 6) is 1.08. The van der Waals surface area contributed by atoms with E-state index in [-0.39, 0.29) is 5.82 Å². The fourth-order valence-electron chi connectivity index (χ4n) is 2.77. The van der Waals surface area contributed by atoms with Crippen LogP contribution in [0.3, 0.4) is 0 Å². The van der Waals surface area contributed by atoms with Gasteiger partial charge in [-0.15, -0.1) is 11.3 Å². The Balaban J connectivity index is 1.60. The van der Waals surface area contributed by atoms with Gasteiger partial charge >= 0.3 is 0 Å². The van der Waals surface area contributed by atoms with Crippen LogP contribution in [0.25, 0.3) is 20.8 Å². The molecule has 1 heterocycles. The van der Waals surface area contributed by atoms with E-state index in [0.717, 1.165) is 26.4 Å². The molecule has 0 unspecified atom stereocenters. The van der Waals surface area contributed by atoms with Crippen molar-refractivity contribution in [3.63, 3.8) is 0 Å². The van der Waals surface area contributed by atoms with Crippen LogP contribution in [-0.2, 0) is 6.61 Å². The Hall–Kier alpha value is -2.92. The maximum absolute atomic E-state index is 13.0. The van der Waals surface area contributed by atoms with Crippen molar-refractivity contribution >= 4 is 21.6 Å². The van der Waals surface area contributed by atoms with Crippen LogP contribution in [0.5, 0.6) is 11.5 Å². The summed E-state index contributed by atoms with van der Waals surface area (Å²) in [6.07, 6.45) is 0. The Morgan fingerprint density at radius 3 is 2.52 bits per heavy atom. The second-order valence-corrected chi connectivity index (χ2v) is 7.03. The van der Waals surface area contributed by atoms with E-state index in [2.05, 4.69) is 6.07 Å². The third kappa shape index (κ3) is 3.93. The first-order valence-corrected chi connectivity index (χ1v) is 9.54. The molecule has 0 N–H and O–H groups in total. The molecule has 0 radical (unpaired) electrons. The number of thiazole rings is 1. The van der Waals surface area contributed by atoms with Gasteiger partial charge in [0.1, 0.15) is 17.4 Å². The smallest absolute Gasteiger partial charge is 0.161 e. The van der Waals surface area contributed by atoms with Gasteiger partial charge in [-0.05, 0) is 55.0 Å². The predicted octanol–water partition coefficient (Wildman–Crippen LogP) is 6.08. The Labute approximate surface area is 161 Å². The fourth-order valence-corrected chi connectivity index (χ4v) is 3.73. The van der Waals surface area contributed by atoms with E-state index in [1.54, 1.807) is 23.5 Å². The molecule has 0 aliphatic rings. The number of hydrogen-bond acceptors (Lipinski definition) is 4. The van der Waals surface area contributed by atoms with Gasteiger partial charge in [0.25, 0.3) is 0 Å². The lowest BCUT2D eigenvalue weighted by Crippen LogP contribution is -2.00. The molecule has 0 spiro atoms. The van der Waals surface area contributed by atoms with Gasteiger partial charge in [0.15, 0.2) is 11.5 Å². The number of hydrogen-bond donors (Lipinski definition) is 0. The Bertz CT molecular complexity index is 1030. The van der Waals surface area contributed by atoms with Crippen molar-refractivity contribution in [1.82, 2.24) is 4.98 Å². The molecule has 27 heavy (non-hydrogen) atoms. The van der Waals surface area contributed by atoms with E-state index in [0.29, 0.717) is 24.7 Å². The molecule has 136 valence electrons. The number of fused-ring (bicyclic) bond motifs is 1. The second kappa shape index (κ2) is 7.76. The molecular weight excluding hydrogens is 361 g/mol. The standard InChI is InChI=1S/C22H18FNO2S/c1-2-25-20-13-16(22-24-18-5-3-4-6-21(18)27-22)9-12-19(20)26-14-15-7-10-17(23)11-8-15/h3-13H,2,14H2,1H3. The Morgan fingerprint density at radius 1 is 0.926 bits per heavy atom. The van der Waals surface area contributed by atoms with Crippen LogP contribution < -0.4 is 9.47 Å². The van der Waals surface area contributed by atoms with E-state index in [4.69, 9.17) is 14.5 Å². The number of benzene rings is 3. The first-order valence-electron chi connectivity index (χ1n) is 8.73. The van der Waals surface area contributed by atoms with E-state index >= 15 is 0 Å². The van der Waals surface area contributed by atoms with Crippen LogP contribution in [0.2, 0.25) is 0 Å². The van der Waals surface area contributed by atoms with Crippen molar-refractivity contribution in [2.24, 2.45) is 0 Å². The van der Waals surface area contributed by atoms with E-state index < -0.39 is 0 Å². The van der Waals surface area contributed by atoms with Gasteiger partial charge < -0.3 is 9.47 Å². The summed E-state index contributed by atoms with van der Waals surface area (Å²) in [5.41, 5.74) is 2.88. The van der Waals surface area contributed by atoms with Crippen LogP contribution in [0.1, 0.15) is 12.5 Å². The van der Waals surface area contributed by atoms with Crippen LogP contribution in [0, 0.1) is 5.82 Å². The first-order chi connectivity index (χ1) is 13.2. The molecule has 0 atom stereocenters. The minimum absolute atomic E-state index is 0.256. The van der Waals surface area contributed by atoms with Crippen molar-refractivity contribution in [3.05, 3.63) is 78.1 Å². The normalized spacial score (nSPS) is 10.9. The lowest BCUT2D eigenvalue weighted by Gasteiger charge is -2.13. The topological polar surface area (TPSA) is 31.4 Å². The number of halogens is 1. The average Bonchev–Trinajstić information content (AvgIpc) is 3.13. The van der Waals surface area contributed by atoms with Crippen molar-refractivity contribution in [1.29, 1.82) is 0 Å². The van der Waals surface area contributed by atoms with Gasteiger partial charge in [-0.3, -0.25) is 0 Å². The molecule has 0 saturated heterocycles. The number of aromatic nitrogens is 1. The zero-order chi connectivity index (χ0) is 18.6. The number of rotatable bonds is 6. The van der Waals surface area contributed by atoms with Gasteiger partial charge in [-0.1, -0.05) is 24.3 Å². The summed E-state index contributed by atoms with van der Waals surface area (Å²) in [6.45, 7) is 2.82. The van der Waals surface area contributed by atoms with Crippen LogP contribution in [0.15, 0.2) is 66.7 Å². The maximum atomic E-state index is 13.0. The van der Waals surface area contributed by atoms with Gasteiger partial charge in [0, 0.05) is 5.56 Å². The lowest BCUT2D eigenvalue weighted by molar-refractivity contribution is 0.269. The molecule has 5 heteroatoms. The summed E-state index contributed by atoms with van der Waals surface area (Å²) < 4.78 is 25.9. The highest BCUT2D eigenvalue weighted by molar-refractivity contribution is 7.21. The minimum atomic E-state index is -0.256. The molecule has 0 amide bonds. The number of para-hydroxylation sites is 1. The highest BCUT2D eigenvalue weighted by Gasteiger charge is 2.11. The second-order valence-electron chi connectivity index (χ2n) is 6.00. The number of ether oxygens (including phenoxy) is 2. The molecule has 0 fully saturated rings. The fraction of sp³-hybridized carbons (Fsp3) is 0.136. The summed E-state index contributed by atoms with van der Waals surface area (Å²) in [7, 11) is 0. The maximum Gasteiger partial charge on any atom is 0.161 e. The van der Waals surface area contributed by atoms with Crippen LogP contribution in [-0.4, -0.2) is 11.6 Å². The zero-order valence-electron chi connectivity index (χ0n) is 14.8. The Kier molecular flexibility index (Phi) is 5.03. The van der Waals surface area contributed by atoms with Crippen LogP contribution in [0.4, 0.5) is 4.39 Å². The number of nitrogens with zero attached hydrogens (tertiary/aromatic N) is 1. The Morgan fingerprint density at radius 2 is 1.74 bits per heavy atom. The van der Waals surface area contributed by atoms with Gasteiger partial charge in [-0.25, -0.2) is 9.37 Å². The summed E-state index contributed by atoms with van der Waals surface area (Å²) in [5, 5.41) is 0.947. The molecule has 3 nitrogen and oxygen atoms in total. The van der Waals surface area contributed by atoms with Gasteiger partial charge in [0.05, 0.1) is 16.8 Å². The highest BCUT2D eigenvalue weighted by atomic mass is 32.1. The monoisotopic (exact) mass is 379 g/mol. The summed E-state index contributed by atoms with van der Waals surface area (Å²) in [4.78, 5) is 4.70. The molecule has 0 saturated carbocycles. The van der Waals surface area contributed by atoms with Crippen molar-refractivity contribution in [2.75, 3.05) is 6.61 Å². The summed E-state index contributed by atoms with van der Waals surface area (Å²) in [6, 6.07) is 20.2. The predicted molar refractivity (Wildman–Crippen MR) is 107 cm³/mol. The molecule has 0 aliphatic carbocycles. The minimum Gasteiger partial charge on any atom is -0.490 e. The van der Waals surface area contributed by atoms with Crippen molar-refractivity contribution in [3.8, 4) is 22.1 Å². The average molecular weight is 379 g/mol. The summed E-state index contributed by atoms with van der Waals surface area (Å²) >= 11 is 1.65. The highest BCUT2D eigenvalue weighted by Crippen LogP contribution is 2.36. The van der Waals surface area contributed by atoms with Crippen molar-refractivity contribution in [2.45, 2.75) is 13.5 Å². The molecule has 1 aromatic heterocycles. The quantitative estimate of drug-likeness (QED) is 0.407. The molecule has 4 rings (SSSR count). The van der Waals surface area contributed by atoms with E-state index in [1.165, 1.54) is 12.1 Å². The molecule has 0 bridgehead atoms. The molecule has 4 aromatic rings. The SMILES string of the molecule is CCOc1cc(-c2nc3ccccc3s2)ccc1OCc1ccc(F)cc1.